The summed E-state index contributed by atoms with van der Waals surface area (Å²) in [6.45, 7) is 5.35. The standard InChI is InChI=1S/C13H23N3O4/c1-3-14-11(17)9-15(4-2)13(20)16-7-5-6-10(8-16)12(18)19/h10H,3-9H2,1-2H3,(H,14,17)(H,18,19). The number of likely N-dealkylation sites (tertiary alicyclic amines) is 1. The molecule has 0 aromatic rings. The van der Waals surface area contributed by atoms with Crippen LogP contribution in [0.5, 0.6) is 0 Å². The minimum absolute atomic E-state index is 0.0113. The summed E-state index contributed by atoms with van der Waals surface area (Å²) in [6, 6.07) is -0.260. The Labute approximate surface area is 118 Å². The fourth-order valence-electron chi connectivity index (χ4n) is 2.29. The number of hydrogen-bond donors (Lipinski definition) is 2. The van der Waals surface area contributed by atoms with Crippen molar-refractivity contribution in [2.45, 2.75) is 26.7 Å². The van der Waals surface area contributed by atoms with Gasteiger partial charge < -0.3 is 20.2 Å². The highest BCUT2D eigenvalue weighted by molar-refractivity contribution is 5.84. The van der Waals surface area contributed by atoms with Crippen molar-refractivity contribution >= 4 is 17.9 Å². The van der Waals surface area contributed by atoms with Crippen molar-refractivity contribution in [2.75, 3.05) is 32.7 Å². The molecule has 0 spiro atoms. The zero-order valence-corrected chi connectivity index (χ0v) is 12.1. The third-order valence-corrected chi connectivity index (χ3v) is 3.40. The molecule has 1 aliphatic rings. The fourth-order valence-corrected chi connectivity index (χ4v) is 2.29. The van der Waals surface area contributed by atoms with Crippen molar-refractivity contribution in [2.24, 2.45) is 5.92 Å². The van der Waals surface area contributed by atoms with Crippen LogP contribution in [0.4, 0.5) is 4.79 Å². The van der Waals surface area contributed by atoms with Crippen LogP contribution < -0.4 is 5.32 Å². The highest BCUT2D eigenvalue weighted by atomic mass is 16.4. The second-order valence-electron chi connectivity index (χ2n) is 4.87. The molecule has 2 N–H and O–H groups in total. The van der Waals surface area contributed by atoms with Gasteiger partial charge in [-0.05, 0) is 26.7 Å². The van der Waals surface area contributed by atoms with Gasteiger partial charge in [0.1, 0.15) is 6.54 Å². The number of rotatable bonds is 5. The van der Waals surface area contributed by atoms with Gasteiger partial charge in [0.15, 0.2) is 0 Å². The Bertz CT molecular complexity index is 373. The van der Waals surface area contributed by atoms with E-state index in [-0.39, 0.29) is 25.0 Å². The van der Waals surface area contributed by atoms with E-state index in [4.69, 9.17) is 5.11 Å². The number of carbonyl (C=O) groups excluding carboxylic acids is 2. The molecule has 1 aliphatic heterocycles. The average molecular weight is 285 g/mol. The van der Waals surface area contributed by atoms with E-state index in [9.17, 15) is 14.4 Å². The van der Waals surface area contributed by atoms with Crippen LogP contribution in [0, 0.1) is 5.92 Å². The summed E-state index contributed by atoms with van der Waals surface area (Å²) in [5.41, 5.74) is 0. The van der Waals surface area contributed by atoms with Gasteiger partial charge >= 0.3 is 12.0 Å². The predicted molar refractivity (Wildman–Crippen MR) is 73.3 cm³/mol. The largest absolute Gasteiger partial charge is 0.481 e. The van der Waals surface area contributed by atoms with E-state index in [2.05, 4.69) is 5.32 Å². The highest BCUT2D eigenvalue weighted by Crippen LogP contribution is 2.17. The van der Waals surface area contributed by atoms with E-state index in [1.54, 1.807) is 6.92 Å². The number of carboxylic acids is 1. The average Bonchev–Trinajstić information content (AvgIpc) is 2.44. The first kappa shape index (κ1) is 16.3. The second-order valence-corrected chi connectivity index (χ2v) is 4.87. The number of hydrogen-bond acceptors (Lipinski definition) is 3. The molecular weight excluding hydrogens is 262 g/mol. The molecular formula is C13H23N3O4. The maximum absolute atomic E-state index is 12.3. The Hall–Kier alpha value is -1.79. The lowest BCUT2D eigenvalue weighted by atomic mass is 9.99. The normalized spacial score (nSPS) is 18.5. The van der Waals surface area contributed by atoms with Gasteiger partial charge in [0.25, 0.3) is 0 Å². The van der Waals surface area contributed by atoms with Crippen molar-refractivity contribution in [3.05, 3.63) is 0 Å². The molecule has 0 radical (unpaired) electrons. The topological polar surface area (TPSA) is 90.0 Å². The van der Waals surface area contributed by atoms with Crippen molar-refractivity contribution in [3.8, 4) is 0 Å². The van der Waals surface area contributed by atoms with E-state index in [0.29, 0.717) is 32.5 Å². The summed E-state index contributed by atoms with van der Waals surface area (Å²) in [4.78, 5) is 37.9. The number of aliphatic carboxylic acids is 1. The summed E-state index contributed by atoms with van der Waals surface area (Å²) in [5, 5.41) is 11.7. The molecule has 7 nitrogen and oxygen atoms in total. The fraction of sp³-hybridized carbons (Fsp3) is 0.769. The molecule has 1 rings (SSSR count). The molecule has 0 saturated carbocycles. The number of urea groups is 1. The number of nitrogens with one attached hydrogen (secondary N) is 1. The summed E-state index contributed by atoms with van der Waals surface area (Å²) >= 11 is 0. The van der Waals surface area contributed by atoms with E-state index in [0.717, 1.165) is 0 Å². The van der Waals surface area contributed by atoms with Gasteiger partial charge in [0, 0.05) is 26.2 Å². The first-order valence-corrected chi connectivity index (χ1v) is 7.02. The van der Waals surface area contributed by atoms with E-state index in [1.165, 1.54) is 9.80 Å². The van der Waals surface area contributed by atoms with Crippen molar-refractivity contribution < 1.29 is 19.5 Å². The SMILES string of the molecule is CCNC(=O)CN(CC)C(=O)N1CCCC(C(=O)O)C1. The van der Waals surface area contributed by atoms with Gasteiger partial charge in [-0.3, -0.25) is 9.59 Å². The van der Waals surface area contributed by atoms with Crippen molar-refractivity contribution in [1.29, 1.82) is 0 Å². The molecule has 1 unspecified atom stereocenters. The Morgan fingerprint density at radius 2 is 2.05 bits per heavy atom. The maximum atomic E-state index is 12.3. The summed E-state index contributed by atoms with van der Waals surface area (Å²) in [6.07, 6.45) is 1.28. The summed E-state index contributed by atoms with van der Waals surface area (Å²) in [7, 11) is 0. The number of piperidine rings is 1. The molecule has 0 bridgehead atoms. The Kier molecular flexibility index (Phi) is 6.27. The van der Waals surface area contributed by atoms with Crippen molar-refractivity contribution in [3.63, 3.8) is 0 Å². The molecule has 0 aliphatic carbocycles. The zero-order valence-electron chi connectivity index (χ0n) is 12.1. The lowest BCUT2D eigenvalue weighted by molar-refractivity contribution is -0.143. The van der Waals surface area contributed by atoms with Crippen LogP contribution >= 0.6 is 0 Å². The Morgan fingerprint density at radius 3 is 2.60 bits per heavy atom. The quantitative estimate of drug-likeness (QED) is 0.763. The van der Waals surface area contributed by atoms with Gasteiger partial charge in [-0.25, -0.2) is 4.79 Å². The summed E-state index contributed by atoms with van der Waals surface area (Å²) in [5.74, 6) is -1.57. The Morgan fingerprint density at radius 1 is 1.35 bits per heavy atom. The number of carbonyl (C=O) groups is 3. The van der Waals surface area contributed by atoms with Gasteiger partial charge in [0.2, 0.25) is 5.91 Å². The smallest absolute Gasteiger partial charge is 0.320 e. The van der Waals surface area contributed by atoms with Crippen LogP contribution in [0.25, 0.3) is 0 Å². The maximum Gasteiger partial charge on any atom is 0.320 e. The van der Waals surface area contributed by atoms with Gasteiger partial charge in [-0.1, -0.05) is 0 Å². The highest BCUT2D eigenvalue weighted by Gasteiger charge is 2.30. The number of carboxylic acid groups (broad SMARTS) is 1. The van der Waals surface area contributed by atoms with E-state index < -0.39 is 11.9 Å². The molecule has 0 aromatic carbocycles. The monoisotopic (exact) mass is 285 g/mol. The van der Waals surface area contributed by atoms with Crippen LogP contribution in [0.15, 0.2) is 0 Å². The minimum atomic E-state index is -0.866. The lowest BCUT2D eigenvalue weighted by Gasteiger charge is -2.34. The Balaban J connectivity index is 2.61. The molecule has 7 heteroatoms. The molecule has 1 heterocycles. The lowest BCUT2D eigenvalue weighted by Crippen LogP contribution is -2.51. The van der Waals surface area contributed by atoms with Crippen LogP contribution in [0.1, 0.15) is 26.7 Å². The third-order valence-electron chi connectivity index (χ3n) is 3.40. The number of amides is 3. The van der Waals surface area contributed by atoms with Gasteiger partial charge in [0.05, 0.1) is 5.92 Å². The second kappa shape index (κ2) is 7.72. The van der Waals surface area contributed by atoms with Crippen LogP contribution in [0.3, 0.4) is 0 Å². The first-order valence-electron chi connectivity index (χ1n) is 7.02. The molecule has 1 saturated heterocycles. The molecule has 20 heavy (non-hydrogen) atoms. The van der Waals surface area contributed by atoms with E-state index >= 15 is 0 Å². The van der Waals surface area contributed by atoms with Crippen LogP contribution in [0.2, 0.25) is 0 Å². The van der Waals surface area contributed by atoms with Crippen LogP contribution in [-0.4, -0.2) is 65.5 Å². The minimum Gasteiger partial charge on any atom is -0.481 e. The number of likely N-dealkylation sites (N-methyl/N-ethyl adjacent to an activating group) is 2. The van der Waals surface area contributed by atoms with Crippen molar-refractivity contribution in [1.82, 2.24) is 15.1 Å². The molecule has 1 fully saturated rings. The third kappa shape index (κ3) is 4.40. The summed E-state index contributed by atoms with van der Waals surface area (Å²) < 4.78 is 0. The van der Waals surface area contributed by atoms with Crippen LogP contribution in [-0.2, 0) is 9.59 Å². The zero-order chi connectivity index (χ0) is 15.1. The first-order chi connectivity index (χ1) is 9.49. The molecule has 1 atom stereocenters. The molecule has 3 amide bonds. The van der Waals surface area contributed by atoms with E-state index in [1.807, 2.05) is 6.92 Å². The molecule has 0 aromatic heterocycles. The molecule has 114 valence electrons. The number of nitrogens with zero attached hydrogens (tertiary/aromatic N) is 2. The van der Waals surface area contributed by atoms with Gasteiger partial charge in [-0.15, -0.1) is 0 Å². The predicted octanol–water partition coefficient (Wildman–Crippen LogP) is 0.361. The van der Waals surface area contributed by atoms with Gasteiger partial charge in [-0.2, -0.15) is 0 Å².